The molecule has 0 aliphatic carbocycles. The highest BCUT2D eigenvalue weighted by atomic mass is 16.5. The SMILES string of the molecule is CCCc1ccc(Cc2cc(C3OC(CO)C(O)C(O)C3O)cc3c2OCC3)cc1. The predicted octanol–water partition coefficient (Wildman–Crippen LogP) is 1.68. The molecule has 0 bridgehead atoms. The molecule has 4 N–H and O–H groups in total. The van der Waals surface area contributed by atoms with E-state index in [-0.39, 0.29) is 0 Å². The van der Waals surface area contributed by atoms with Gasteiger partial charge in [-0.1, -0.05) is 37.6 Å². The average molecular weight is 414 g/mol. The van der Waals surface area contributed by atoms with Crippen molar-refractivity contribution in [2.45, 2.75) is 63.1 Å². The number of aliphatic hydroxyl groups excluding tert-OH is 4. The van der Waals surface area contributed by atoms with Crippen molar-refractivity contribution < 1.29 is 29.9 Å². The molecule has 1 saturated heterocycles. The number of hydrogen-bond acceptors (Lipinski definition) is 6. The molecule has 2 aliphatic rings. The number of fused-ring (bicyclic) bond motifs is 1. The smallest absolute Gasteiger partial charge is 0.126 e. The van der Waals surface area contributed by atoms with Crippen molar-refractivity contribution in [1.29, 1.82) is 0 Å². The summed E-state index contributed by atoms with van der Waals surface area (Å²) in [4.78, 5) is 0. The van der Waals surface area contributed by atoms with E-state index in [2.05, 4.69) is 31.2 Å². The van der Waals surface area contributed by atoms with E-state index in [0.717, 1.165) is 36.1 Å². The lowest BCUT2D eigenvalue weighted by Gasteiger charge is -2.40. The van der Waals surface area contributed by atoms with E-state index in [0.29, 0.717) is 18.6 Å². The van der Waals surface area contributed by atoms with Gasteiger partial charge >= 0.3 is 0 Å². The Labute approximate surface area is 176 Å². The van der Waals surface area contributed by atoms with Crippen molar-refractivity contribution in [2.75, 3.05) is 13.2 Å². The molecule has 0 spiro atoms. The summed E-state index contributed by atoms with van der Waals surface area (Å²) in [6.45, 7) is 2.33. The Morgan fingerprint density at radius 2 is 1.70 bits per heavy atom. The summed E-state index contributed by atoms with van der Waals surface area (Å²) >= 11 is 0. The molecular weight excluding hydrogens is 384 g/mol. The standard InChI is InChI=1S/C24H30O6/c1-2-3-14-4-6-15(7-5-14)10-17-12-18(11-16-8-9-29-23(16)17)24-22(28)21(27)20(26)19(13-25)30-24/h4-7,11-12,19-22,24-28H,2-3,8-10,13H2,1H3. The van der Waals surface area contributed by atoms with Gasteiger partial charge in [-0.15, -0.1) is 0 Å². The second-order valence-corrected chi connectivity index (χ2v) is 8.26. The molecular formula is C24H30O6. The van der Waals surface area contributed by atoms with Crippen LogP contribution in [-0.4, -0.2) is 58.1 Å². The molecule has 6 heteroatoms. The topological polar surface area (TPSA) is 99.4 Å². The van der Waals surface area contributed by atoms with E-state index in [1.807, 2.05) is 12.1 Å². The minimum atomic E-state index is -1.39. The maximum absolute atomic E-state index is 10.5. The van der Waals surface area contributed by atoms with Gasteiger partial charge in [0.25, 0.3) is 0 Å². The molecule has 0 amide bonds. The lowest BCUT2D eigenvalue weighted by molar-refractivity contribution is -0.231. The Kier molecular flexibility index (Phi) is 6.41. The van der Waals surface area contributed by atoms with E-state index < -0.39 is 37.1 Å². The highest BCUT2D eigenvalue weighted by Gasteiger charge is 2.44. The van der Waals surface area contributed by atoms with Crippen LogP contribution in [0.15, 0.2) is 36.4 Å². The lowest BCUT2D eigenvalue weighted by atomic mass is 9.88. The zero-order chi connectivity index (χ0) is 21.3. The molecule has 0 radical (unpaired) electrons. The summed E-state index contributed by atoms with van der Waals surface area (Å²) < 4.78 is 11.7. The number of aryl methyl sites for hydroxylation is 1. The van der Waals surface area contributed by atoms with Crippen molar-refractivity contribution >= 4 is 0 Å². The molecule has 2 heterocycles. The van der Waals surface area contributed by atoms with Crippen LogP contribution in [0.4, 0.5) is 0 Å². The monoisotopic (exact) mass is 414 g/mol. The molecule has 162 valence electrons. The molecule has 4 rings (SSSR count). The number of benzene rings is 2. The van der Waals surface area contributed by atoms with E-state index >= 15 is 0 Å². The van der Waals surface area contributed by atoms with Crippen molar-refractivity contribution in [1.82, 2.24) is 0 Å². The third-order valence-electron chi connectivity index (χ3n) is 6.06. The van der Waals surface area contributed by atoms with Gasteiger partial charge < -0.3 is 29.9 Å². The molecule has 0 saturated carbocycles. The molecule has 2 aliphatic heterocycles. The number of rotatable bonds is 6. The van der Waals surface area contributed by atoms with Gasteiger partial charge in [-0.3, -0.25) is 0 Å². The third-order valence-corrected chi connectivity index (χ3v) is 6.06. The number of ether oxygens (including phenoxy) is 2. The van der Waals surface area contributed by atoms with Gasteiger partial charge in [-0.2, -0.15) is 0 Å². The molecule has 6 nitrogen and oxygen atoms in total. The van der Waals surface area contributed by atoms with Gasteiger partial charge in [0, 0.05) is 12.8 Å². The van der Waals surface area contributed by atoms with Gasteiger partial charge in [-0.05, 0) is 46.4 Å². The van der Waals surface area contributed by atoms with E-state index in [9.17, 15) is 20.4 Å². The van der Waals surface area contributed by atoms with Gasteiger partial charge in [0.1, 0.15) is 36.3 Å². The first-order valence-electron chi connectivity index (χ1n) is 10.7. The van der Waals surface area contributed by atoms with Crippen LogP contribution in [0.1, 0.15) is 47.3 Å². The third kappa shape index (κ3) is 4.11. The molecule has 1 fully saturated rings. The van der Waals surface area contributed by atoms with Crippen LogP contribution in [0.5, 0.6) is 5.75 Å². The van der Waals surface area contributed by atoms with E-state index in [4.69, 9.17) is 9.47 Å². The van der Waals surface area contributed by atoms with Crippen molar-refractivity contribution in [2.24, 2.45) is 0 Å². The number of hydrogen-bond donors (Lipinski definition) is 4. The van der Waals surface area contributed by atoms with Crippen LogP contribution in [0.3, 0.4) is 0 Å². The Bertz CT molecular complexity index is 863. The zero-order valence-corrected chi connectivity index (χ0v) is 17.2. The van der Waals surface area contributed by atoms with Crippen molar-refractivity contribution in [3.8, 4) is 5.75 Å². The summed E-state index contributed by atoms with van der Waals surface area (Å²) in [5, 5.41) is 40.3. The Balaban J connectivity index is 1.64. The van der Waals surface area contributed by atoms with Gasteiger partial charge in [0.2, 0.25) is 0 Å². The van der Waals surface area contributed by atoms with Gasteiger partial charge in [0.15, 0.2) is 0 Å². The van der Waals surface area contributed by atoms with Crippen LogP contribution < -0.4 is 4.74 Å². The largest absolute Gasteiger partial charge is 0.493 e. The molecule has 30 heavy (non-hydrogen) atoms. The summed E-state index contributed by atoms with van der Waals surface area (Å²) in [5.74, 6) is 0.876. The fourth-order valence-electron chi connectivity index (χ4n) is 4.42. The lowest BCUT2D eigenvalue weighted by Crippen LogP contribution is -2.55. The maximum atomic E-state index is 10.5. The predicted molar refractivity (Wildman–Crippen MR) is 112 cm³/mol. The molecule has 0 aromatic heterocycles. The fourth-order valence-corrected chi connectivity index (χ4v) is 4.42. The molecule has 5 unspecified atom stereocenters. The maximum Gasteiger partial charge on any atom is 0.126 e. The normalized spacial score (nSPS) is 28.2. The second kappa shape index (κ2) is 9.04. The summed E-state index contributed by atoms with van der Waals surface area (Å²) in [6, 6.07) is 12.4. The average Bonchev–Trinajstić information content (AvgIpc) is 3.23. The van der Waals surface area contributed by atoms with Crippen LogP contribution in [-0.2, 0) is 24.0 Å². The summed E-state index contributed by atoms with van der Waals surface area (Å²) in [5.41, 5.74) is 5.24. The van der Waals surface area contributed by atoms with Gasteiger partial charge in [-0.25, -0.2) is 0 Å². The van der Waals surface area contributed by atoms with Crippen molar-refractivity contribution in [3.05, 3.63) is 64.2 Å². The molecule has 2 aromatic carbocycles. The first-order valence-corrected chi connectivity index (χ1v) is 10.7. The summed E-state index contributed by atoms with van der Waals surface area (Å²) in [6.07, 6.45) is -2.18. The minimum Gasteiger partial charge on any atom is -0.493 e. The highest BCUT2D eigenvalue weighted by Crippen LogP contribution is 2.38. The Morgan fingerprint density at radius 1 is 0.967 bits per heavy atom. The van der Waals surface area contributed by atoms with Crippen LogP contribution >= 0.6 is 0 Å². The second-order valence-electron chi connectivity index (χ2n) is 8.26. The van der Waals surface area contributed by atoms with Crippen LogP contribution in [0, 0.1) is 0 Å². The van der Waals surface area contributed by atoms with Gasteiger partial charge in [0.05, 0.1) is 13.2 Å². The zero-order valence-electron chi connectivity index (χ0n) is 17.2. The van der Waals surface area contributed by atoms with Crippen molar-refractivity contribution in [3.63, 3.8) is 0 Å². The minimum absolute atomic E-state index is 0.438. The van der Waals surface area contributed by atoms with Crippen LogP contribution in [0.25, 0.3) is 0 Å². The first-order chi connectivity index (χ1) is 14.5. The quantitative estimate of drug-likeness (QED) is 0.574. The molecule has 5 atom stereocenters. The fraction of sp³-hybridized carbons (Fsp3) is 0.500. The number of aliphatic hydroxyl groups is 4. The van der Waals surface area contributed by atoms with E-state index in [1.165, 1.54) is 11.1 Å². The van der Waals surface area contributed by atoms with Crippen LogP contribution in [0.2, 0.25) is 0 Å². The van der Waals surface area contributed by atoms with E-state index in [1.54, 1.807) is 0 Å². The Hall–Kier alpha value is -1.96. The summed E-state index contributed by atoms with van der Waals surface area (Å²) in [7, 11) is 0. The first kappa shape index (κ1) is 21.3. The highest BCUT2D eigenvalue weighted by molar-refractivity contribution is 5.49. The Morgan fingerprint density at radius 3 is 2.40 bits per heavy atom. The molecule has 2 aromatic rings.